The highest BCUT2D eigenvalue weighted by molar-refractivity contribution is 5.64. The van der Waals surface area contributed by atoms with Crippen LogP contribution in [0.1, 0.15) is 24.8 Å². The van der Waals surface area contributed by atoms with Crippen LogP contribution >= 0.6 is 0 Å². The van der Waals surface area contributed by atoms with Crippen molar-refractivity contribution in [3.05, 3.63) is 66.2 Å². The minimum absolute atomic E-state index is 0.610. The standard InChI is InChI=1S/C22H25N5/c1-17-10-12-19(13-11-17)23-20-16-21(27-14-6-3-7-15-27)26-22(25-20)24-18-8-4-2-5-9-18/h2,4-5,8-13,16H,3,6-7,14-15H2,1H3,(H2,23,24,25,26). The van der Waals surface area contributed by atoms with E-state index < -0.39 is 0 Å². The molecule has 1 aliphatic heterocycles. The molecular formula is C22H25N5. The molecule has 2 N–H and O–H groups in total. The van der Waals surface area contributed by atoms with Gasteiger partial charge in [-0.25, -0.2) is 0 Å². The summed E-state index contributed by atoms with van der Waals surface area (Å²) in [7, 11) is 0. The quantitative estimate of drug-likeness (QED) is 0.650. The van der Waals surface area contributed by atoms with Crippen LogP contribution in [0.25, 0.3) is 0 Å². The van der Waals surface area contributed by atoms with E-state index in [1.807, 2.05) is 36.4 Å². The Morgan fingerprint density at radius 3 is 2.22 bits per heavy atom. The Morgan fingerprint density at radius 1 is 0.778 bits per heavy atom. The second-order valence-electron chi connectivity index (χ2n) is 6.96. The van der Waals surface area contributed by atoms with Crippen LogP contribution in [-0.4, -0.2) is 23.1 Å². The lowest BCUT2D eigenvalue weighted by Gasteiger charge is -2.28. The van der Waals surface area contributed by atoms with Gasteiger partial charge in [-0.1, -0.05) is 35.9 Å². The Kier molecular flexibility index (Phi) is 5.19. The number of hydrogen-bond donors (Lipinski definition) is 2. The van der Waals surface area contributed by atoms with Crippen LogP contribution in [0.5, 0.6) is 0 Å². The van der Waals surface area contributed by atoms with Gasteiger partial charge in [0.1, 0.15) is 11.6 Å². The molecule has 1 aliphatic rings. The number of aryl methyl sites for hydroxylation is 1. The van der Waals surface area contributed by atoms with E-state index in [-0.39, 0.29) is 0 Å². The summed E-state index contributed by atoms with van der Waals surface area (Å²) < 4.78 is 0. The van der Waals surface area contributed by atoms with Crippen molar-refractivity contribution in [3.63, 3.8) is 0 Å². The predicted molar refractivity (Wildman–Crippen MR) is 112 cm³/mol. The molecule has 5 nitrogen and oxygen atoms in total. The van der Waals surface area contributed by atoms with Gasteiger partial charge in [-0.2, -0.15) is 9.97 Å². The Morgan fingerprint density at radius 2 is 1.48 bits per heavy atom. The fraction of sp³-hybridized carbons (Fsp3) is 0.273. The van der Waals surface area contributed by atoms with Crippen LogP contribution in [0.15, 0.2) is 60.7 Å². The molecule has 27 heavy (non-hydrogen) atoms. The molecule has 2 aromatic carbocycles. The second kappa shape index (κ2) is 8.08. The summed E-state index contributed by atoms with van der Waals surface area (Å²) in [5, 5.41) is 6.75. The van der Waals surface area contributed by atoms with Gasteiger partial charge in [0, 0.05) is 30.5 Å². The fourth-order valence-electron chi connectivity index (χ4n) is 3.27. The molecule has 0 amide bonds. The van der Waals surface area contributed by atoms with Gasteiger partial charge in [0.2, 0.25) is 5.95 Å². The number of benzene rings is 2. The summed E-state index contributed by atoms with van der Waals surface area (Å²) in [6, 6.07) is 20.4. The van der Waals surface area contributed by atoms with E-state index in [0.29, 0.717) is 5.95 Å². The van der Waals surface area contributed by atoms with Crippen molar-refractivity contribution in [1.29, 1.82) is 0 Å². The molecule has 4 rings (SSSR count). The van der Waals surface area contributed by atoms with Crippen molar-refractivity contribution in [1.82, 2.24) is 9.97 Å². The maximum Gasteiger partial charge on any atom is 0.231 e. The maximum atomic E-state index is 4.77. The van der Waals surface area contributed by atoms with Crippen LogP contribution in [0.2, 0.25) is 0 Å². The number of piperidine rings is 1. The highest BCUT2D eigenvalue weighted by atomic mass is 15.2. The van der Waals surface area contributed by atoms with Crippen molar-refractivity contribution < 1.29 is 0 Å². The summed E-state index contributed by atoms with van der Waals surface area (Å²) in [4.78, 5) is 11.8. The van der Waals surface area contributed by atoms with Gasteiger partial charge in [-0.15, -0.1) is 0 Å². The molecule has 0 spiro atoms. The third kappa shape index (κ3) is 4.56. The number of anilines is 5. The first kappa shape index (κ1) is 17.3. The Bertz CT molecular complexity index is 871. The first-order valence-electron chi connectivity index (χ1n) is 9.56. The van der Waals surface area contributed by atoms with Gasteiger partial charge in [-0.05, 0) is 50.5 Å². The number of hydrogen-bond acceptors (Lipinski definition) is 5. The number of rotatable bonds is 5. The summed E-state index contributed by atoms with van der Waals surface area (Å²) in [6.45, 7) is 4.18. The Labute approximate surface area is 160 Å². The average Bonchev–Trinajstić information content (AvgIpc) is 2.71. The molecule has 5 heteroatoms. The largest absolute Gasteiger partial charge is 0.356 e. The molecule has 0 saturated carbocycles. The zero-order chi connectivity index (χ0) is 18.5. The predicted octanol–water partition coefficient (Wildman–Crippen LogP) is 5.26. The highest BCUT2D eigenvalue weighted by Crippen LogP contribution is 2.25. The van der Waals surface area contributed by atoms with E-state index in [9.17, 15) is 0 Å². The molecule has 3 aromatic rings. The van der Waals surface area contributed by atoms with Crippen LogP contribution in [0.3, 0.4) is 0 Å². The molecule has 2 heterocycles. The third-order valence-corrected chi connectivity index (χ3v) is 4.75. The van der Waals surface area contributed by atoms with Gasteiger partial charge in [-0.3, -0.25) is 0 Å². The summed E-state index contributed by atoms with van der Waals surface area (Å²) in [5.74, 6) is 2.38. The minimum atomic E-state index is 0.610. The number of nitrogens with zero attached hydrogens (tertiary/aromatic N) is 3. The van der Waals surface area contributed by atoms with Crippen LogP contribution in [0, 0.1) is 6.92 Å². The van der Waals surface area contributed by atoms with Crippen molar-refractivity contribution in [3.8, 4) is 0 Å². The molecule has 1 fully saturated rings. The normalized spacial score (nSPS) is 14.0. The summed E-state index contributed by atoms with van der Waals surface area (Å²) >= 11 is 0. The van der Waals surface area contributed by atoms with Crippen LogP contribution in [-0.2, 0) is 0 Å². The van der Waals surface area contributed by atoms with E-state index in [1.165, 1.54) is 24.8 Å². The molecule has 0 unspecified atom stereocenters. The lowest BCUT2D eigenvalue weighted by molar-refractivity contribution is 0.573. The van der Waals surface area contributed by atoms with Crippen LogP contribution < -0.4 is 15.5 Å². The van der Waals surface area contributed by atoms with Gasteiger partial charge < -0.3 is 15.5 Å². The molecule has 1 saturated heterocycles. The maximum absolute atomic E-state index is 4.77. The van der Waals surface area contributed by atoms with Gasteiger partial charge in [0.15, 0.2) is 0 Å². The molecule has 0 radical (unpaired) electrons. The van der Waals surface area contributed by atoms with Gasteiger partial charge >= 0.3 is 0 Å². The van der Waals surface area contributed by atoms with E-state index >= 15 is 0 Å². The fourth-order valence-corrected chi connectivity index (χ4v) is 3.27. The lowest BCUT2D eigenvalue weighted by Crippen LogP contribution is -2.30. The van der Waals surface area contributed by atoms with E-state index in [0.717, 1.165) is 36.1 Å². The van der Waals surface area contributed by atoms with Crippen molar-refractivity contribution in [2.24, 2.45) is 0 Å². The second-order valence-corrected chi connectivity index (χ2v) is 6.96. The van der Waals surface area contributed by atoms with Crippen molar-refractivity contribution in [2.45, 2.75) is 26.2 Å². The first-order chi connectivity index (χ1) is 13.3. The Hall–Kier alpha value is -3.08. The summed E-state index contributed by atoms with van der Waals surface area (Å²) in [5.41, 5.74) is 3.24. The SMILES string of the molecule is Cc1ccc(Nc2cc(N3CCCCC3)nc(Nc3ccccc3)n2)cc1. The number of para-hydroxylation sites is 1. The smallest absolute Gasteiger partial charge is 0.231 e. The monoisotopic (exact) mass is 359 g/mol. The minimum Gasteiger partial charge on any atom is -0.356 e. The zero-order valence-corrected chi connectivity index (χ0v) is 15.7. The van der Waals surface area contributed by atoms with E-state index in [1.54, 1.807) is 0 Å². The van der Waals surface area contributed by atoms with E-state index in [2.05, 4.69) is 51.7 Å². The first-order valence-corrected chi connectivity index (χ1v) is 9.56. The van der Waals surface area contributed by atoms with Crippen molar-refractivity contribution >= 4 is 29.0 Å². The highest BCUT2D eigenvalue weighted by Gasteiger charge is 2.15. The average molecular weight is 359 g/mol. The van der Waals surface area contributed by atoms with E-state index in [4.69, 9.17) is 4.98 Å². The Balaban J connectivity index is 1.63. The van der Waals surface area contributed by atoms with Crippen molar-refractivity contribution in [2.75, 3.05) is 28.6 Å². The van der Waals surface area contributed by atoms with Crippen LogP contribution in [0.4, 0.5) is 29.0 Å². The van der Waals surface area contributed by atoms with Gasteiger partial charge in [0.05, 0.1) is 0 Å². The molecule has 0 aliphatic carbocycles. The molecule has 138 valence electrons. The number of aromatic nitrogens is 2. The zero-order valence-electron chi connectivity index (χ0n) is 15.7. The topological polar surface area (TPSA) is 53.1 Å². The van der Waals surface area contributed by atoms with Gasteiger partial charge in [0.25, 0.3) is 0 Å². The summed E-state index contributed by atoms with van der Waals surface area (Å²) in [6.07, 6.45) is 3.73. The number of nitrogens with one attached hydrogen (secondary N) is 2. The molecule has 1 aromatic heterocycles. The lowest BCUT2D eigenvalue weighted by atomic mass is 10.1. The molecule has 0 atom stereocenters. The molecule has 0 bridgehead atoms. The molecular weight excluding hydrogens is 334 g/mol. The third-order valence-electron chi connectivity index (χ3n) is 4.75.